The summed E-state index contributed by atoms with van der Waals surface area (Å²) in [5, 5.41) is 7.04. The fourth-order valence-corrected chi connectivity index (χ4v) is 1.99. The Morgan fingerprint density at radius 3 is 3.00 bits per heavy atom. The third kappa shape index (κ3) is 2.32. The molecule has 0 amide bonds. The predicted octanol–water partition coefficient (Wildman–Crippen LogP) is 1.68. The Balaban J connectivity index is 1.91. The number of benzene rings is 1. The molecule has 7 heteroatoms. The van der Waals surface area contributed by atoms with E-state index in [9.17, 15) is 4.79 Å². The molecule has 0 aliphatic rings. The molecule has 19 heavy (non-hydrogen) atoms. The number of nitrogens with zero attached hydrogens (tertiary/aromatic N) is 3. The van der Waals surface area contributed by atoms with Gasteiger partial charge in [-0.3, -0.25) is 9.36 Å². The average Bonchev–Trinajstić information content (AvgIpc) is 2.84. The second-order valence-corrected chi connectivity index (χ2v) is 4.39. The van der Waals surface area contributed by atoms with E-state index in [4.69, 9.17) is 16.6 Å². The van der Waals surface area contributed by atoms with E-state index in [2.05, 4.69) is 15.2 Å². The molecule has 0 aliphatic carbocycles. The summed E-state index contributed by atoms with van der Waals surface area (Å²) in [4.78, 5) is 16.7. The summed E-state index contributed by atoms with van der Waals surface area (Å²) in [6, 6.07) is 7.25. The second-order valence-electron chi connectivity index (χ2n) is 4.02. The largest absolute Gasteiger partial charge is 0.414 e. The van der Waals surface area contributed by atoms with E-state index >= 15 is 0 Å². The van der Waals surface area contributed by atoms with Crippen LogP contribution in [0.4, 0.5) is 0 Å². The molecular weight excluding hydrogens is 264 g/mol. The number of nitrogens with one attached hydrogen (secondary N) is 1. The number of hydrogen-bond donors (Lipinski definition) is 1. The van der Waals surface area contributed by atoms with E-state index in [1.807, 2.05) is 18.2 Å². The van der Waals surface area contributed by atoms with Crippen LogP contribution in [0, 0.1) is 4.84 Å². The van der Waals surface area contributed by atoms with Gasteiger partial charge in [0.1, 0.15) is 0 Å². The molecule has 6 nitrogen and oxygen atoms in total. The Morgan fingerprint density at radius 2 is 2.21 bits per heavy atom. The van der Waals surface area contributed by atoms with Gasteiger partial charge in [0.05, 0.1) is 17.2 Å². The van der Waals surface area contributed by atoms with Crippen molar-refractivity contribution in [1.29, 1.82) is 0 Å². The molecule has 0 bridgehead atoms. The fourth-order valence-electron chi connectivity index (χ4n) is 1.85. The van der Waals surface area contributed by atoms with Gasteiger partial charge in [-0.05, 0) is 24.4 Å². The molecule has 0 radical (unpaired) electrons. The van der Waals surface area contributed by atoms with Gasteiger partial charge in [-0.25, -0.2) is 10.1 Å². The van der Waals surface area contributed by atoms with Gasteiger partial charge in [-0.1, -0.05) is 12.1 Å². The van der Waals surface area contributed by atoms with E-state index in [0.29, 0.717) is 29.8 Å². The highest BCUT2D eigenvalue weighted by atomic mass is 32.1. The minimum Gasteiger partial charge on any atom is -0.414 e. The lowest BCUT2D eigenvalue weighted by molar-refractivity contribution is 0.462. The van der Waals surface area contributed by atoms with E-state index in [1.54, 1.807) is 6.07 Å². The number of hydrogen-bond acceptors (Lipinski definition) is 5. The maximum atomic E-state index is 12.2. The van der Waals surface area contributed by atoms with Gasteiger partial charge in [0, 0.05) is 13.0 Å². The third-order valence-corrected chi connectivity index (χ3v) is 2.96. The van der Waals surface area contributed by atoms with E-state index in [1.165, 1.54) is 10.9 Å². The Hall–Kier alpha value is -2.28. The van der Waals surface area contributed by atoms with Crippen molar-refractivity contribution >= 4 is 23.1 Å². The fraction of sp³-hybridized carbons (Fsp3) is 0.167. The van der Waals surface area contributed by atoms with Crippen LogP contribution >= 0.6 is 12.2 Å². The lowest BCUT2D eigenvalue weighted by atomic mass is 10.2. The van der Waals surface area contributed by atoms with E-state index in [0.717, 1.165) is 0 Å². The molecule has 1 aromatic carbocycles. The van der Waals surface area contributed by atoms with Gasteiger partial charge >= 0.3 is 0 Å². The molecule has 2 heterocycles. The lowest BCUT2D eigenvalue weighted by Crippen LogP contribution is -2.21. The van der Waals surface area contributed by atoms with Gasteiger partial charge in [0.25, 0.3) is 10.4 Å². The van der Waals surface area contributed by atoms with Crippen molar-refractivity contribution in [2.45, 2.75) is 13.0 Å². The molecular formula is C12H10N4O2S. The first-order chi connectivity index (χ1) is 9.24. The molecule has 96 valence electrons. The molecule has 0 fully saturated rings. The highest BCUT2D eigenvalue weighted by Crippen LogP contribution is 2.05. The third-order valence-electron chi connectivity index (χ3n) is 2.78. The molecule has 0 aliphatic heterocycles. The van der Waals surface area contributed by atoms with Gasteiger partial charge in [-0.2, -0.15) is 0 Å². The zero-order valence-electron chi connectivity index (χ0n) is 9.87. The summed E-state index contributed by atoms with van der Waals surface area (Å²) < 4.78 is 6.68. The van der Waals surface area contributed by atoms with Crippen molar-refractivity contribution in [2.24, 2.45) is 0 Å². The Labute approximate surface area is 112 Å². The molecule has 0 saturated heterocycles. The zero-order valence-corrected chi connectivity index (χ0v) is 10.7. The van der Waals surface area contributed by atoms with E-state index < -0.39 is 0 Å². The van der Waals surface area contributed by atoms with Gasteiger partial charge in [0.15, 0.2) is 0 Å². The first-order valence-corrected chi connectivity index (χ1v) is 6.13. The molecule has 3 aromatic rings. The summed E-state index contributed by atoms with van der Waals surface area (Å²) in [6.07, 6.45) is 2.01. The molecule has 0 atom stereocenters. The Morgan fingerprint density at radius 1 is 1.37 bits per heavy atom. The van der Waals surface area contributed by atoms with Crippen LogP contribution in [0.25, 0.3) is 10.9 Å². The maximum Gasteiger partial charge on any atom is 0.284 e. The van der Waals surface area contributed by atoms with E-state index in [-0.39, 0.29) is 10.4 Å². The van der Waals surface area contributed by atoms with Crippen molar-refractivity contribution in [3.05, 3.63) is 51.7 Å². The first kappa shape index (κ1) is 11.8. The smallest absolute Gasteiger partial charge is 0.284 e. The lowest BCUT2D eigenvalue weighted by Gasteiger charge is -2.04. The zero-order chi connectivity index (χ0) is 13.2. The van der Waals surface area contributed by atoms with Crippen molar-refractivity contribution in [3.63, 3.8) is 0 Å². The number of aromatic nitrogens is 4. The molecule has 2 aromatic heterocycles. The summed E-state index contributed by atoms with van der Waals surface area (Å²) in [6.45, 7) is 0.444. The monoisotopic (exact) mass is 274 g/mol. The SMILES string of the molecule is O=c1c2ccccc2ncn1CCc1n[nH]c(=S)o1. The van der Waals surface area contributed by atoms with Crippen LogP contribution < -0.4 is 5.56 Å². The van der Waals surface area contributed by atoms with Crippen LogP contribution in [0.1, 0.15) is 5.89 Å². The highest BCUT2D eigenvalue weighted by molar-refractivity contribution is 7.71. The minimum absolute atomic E-state index is 0.0697. The van der Waals surface area contributed by atoms with Crippen LogP contribution in [0.5, 0.6) is 0 Å². The topological polar surface area (TPSA) is 76.7 Å². The van der Waals surface area contributed by atoms with Crippen LogP contribution in [0.2, 0.25) is 0 Å². The van der Waals surface area contributed by atoms with Crippen LogP contribution in [0.3, 0.4) is 0 Å². The molecule has 0 unspecified atom stereocenters. The number of fused-ring (bicyclic) bond motifs is 1. The number of para-hydroxylation sites is 1. The Kier molecular flexibility index (Phi) is 2.96. The van der Waals surface area contributed by atoms with Crippen LogP contribution in [0.15, 0.2) is 39.8 Å². The minimum atomic E-state index is -0.0697. The molecule has 1 N–H and O–H groups in total. The van der Waals surface area contributed by atoms with Crippen molar-refractivity contribution < 1.29 is 4.42 Å². The summed E-state index contributed by atoms with van der Waals surface area (Å²) in [5.74, 6) is 0.477. The summed E-state index contributed by atoms with van der Waals surface area (Å²) in [7, 11) is 0. The quantitative estimate of drug-likeness (QED) is 0.735. The summed E-state index contributed by atoms with van der Waals surface area (Å²) >= 11 is 4.79. The highest BCUT2D eigenvalue weighted by Gasteiger charge is 2.05. The van der Waals surface area contributed by atoms with Crippen LogP contribution in [-0.2, 0) is 13.0 Å². The number of aryl methyl sites for hydroxylation is 2. The maximum absolute atomic E-state index is 12.2. The predicted molar refractivity (Wildman–Crippen MR) is 71.4 cm³/mol. The number of aromatic amines is 1. The molecule has 3 rings (SSSR count). The van der Waals surface area contributed by atoms with Crippen molar-refractivity contribution in [3.8, 4) is 0 Å². The van der Waals surface area contributed by atoms with Gasteiger partial charge < -0.3 is 4.42 Å². The number of H-pyrrole nitrogens is 1. The Bertz CT molecular complexity index is 833. The molecule has 0 saturated carbocycles. The van der Waals surface area contributed by atoms with Crippen molar-refractivity contribution in [1.82, 2.24) is 19.7 Å². The standard InChI is InChI=1S/C12H10N4O2S/c17-11-8-3-1-2-4-9(8)13-7-16(11)6-5-10-14-15-12(19)18-10/h1-4,7H,5-6H2,(H,15,19). The van der Waals surface area contributed by atoms with Crippen LogP contribution in [-0.4, -0.2) is 19.7 Å². The van der Waals surface area contributed by atoms with Gasteiger partial charge in [0.2, 0.25) is 5.89 Å². The summed E-state index contributed by atoms with van der Waals surface area (Å²) in [5.41, 5.74) is 0.626. The average molecular weight is 274 g/mol. The number of rotatable bonds is 3. The van der Waals surface area contributed by atoms with Crippen molar-refractivity contribution in [2.75, 3.05) is 0 Å². The van der Waals surface area contributed by atoms with Gasteiger partial charge in [-0.15, -0.1) is 5.10 Å². The molecule has 0 spiro atoms. The second kappa shape index (κ2) is 4.77. The normalized spacial score (nSPS) is 10.9. The first-order valence-electron chi connectivity index (χ1n) is 5.72.